The molecule has 10 nitrogen and oxygen atoms in total. The summed E-state index contributed by atoms with van der Waals surface area (Å²) in [5, 5.41) is 9.81. The molecule has 5 rings (SSSR count). The monoisotopic (exact) mass is 631 g/mol. The number of fused-ring (bicyclic) bond motifs is 2. The fraction of sp³-hybridized carbons (Fsp3) is 0.688. The number of nitrogens with zero attached hydrogens (tertiary/aromatic N) is 3. The summed E-state index contributed by atoms with van der Waals surface area (Å²) >= 11 is 0. The van der Waals surface area contributed by atoms with Crippen LogP contribution in [0.25, 0.3) is 0 Å². The molecule has 3 fully saturated rings. The van der Waals surface area contributed by atoms with Crippen LogP contribution in [0.2, 0.25) is 18.6 Å². The topological polar surface area (TPSA) is 117 Å². The van der Waals surface area contributed by atoms with Gasteiger partial charge in [-0.3, -0.25) is 19.2 Å². The van der Waals surface area contributed by atoms with E-state index in [1.165, 1.54) is 7.11 Å². The van der Waals surface area contributed by atoms with Crippen LogP contribution in [0, 0.1) is 5.92 Å². The molecule has 0 bridgehead atoms. The second-order valence-corrected chi connectivity index (χ2v) is 17.0. The van der Waals surface area contributed by atoms with Crippen molar-refractivity contribution in [3.8, 4) is 0 Å². The molecule has 12 heteroatoms. The Balaban J connectivity index is 1.52. The van der Waals surface area contributed by atoms with E-state index in [0.717, 1.165) is 25.7 Å². The van der Waals surface area contributed by atoms with E-state index in [4.69, 9.17) is 9.47 Å². The molecule has 0 radical (unpaired) electrons. The van der Waals surface area contributed by atoms with Gasteiger partial charge in [0.05, 0.1) is 38.0 Å². The molecular formula is C32H46FN3O7Si. The van der Waals surface area contributed by atoms with Crippen molar-refractivity contribution in [3.05, 3.63) is 23.8 Å². The number of aliphatic hydroxyl groups excluding tert-OH is 1. The summed E-state index contributed by atoms with van der Waals surface area (Å²) in [5.74, 6) is -1.36. The van der Waals surface area contributed by atoms with E-state index in [0.29, 0.717) is 55.8 Å². The Labute approximate surface area is 260 Å². The molecule has 4 aliphatic heterocycles. The fourth-order valence-corrected chi connectivity index (χ4v) is 10.5. The Morgan fingerprint density at radius 3 is 2.61 bits per heavy atom. The minimum Gasteiger partial charge on any atom is -0.469 e. The second kappa shape index (κ2) is 12.9. The van der Waals surface area contributed by atoms with Crippen LogP contribution >= 0.6 is 0 Å². The van der Waals surface area contributed by atoms with E-state index in [1.54, 1.807) is 27.8 Å². The van der Waals surface area contributed by atoms with E-state index in [9.17, 15) is 24.3 Å². The SMILES string of the molecule is COC(=O)CCCCN1C(=O)[C@]2(O[C@H](CC(=O)N3CCC[C@H]3CO)[C@@H]([Si](C)(C)F)[C@@H]2C)c2cc(N3CCCCC3=O)ccc21. The number of hydrogen-bond donors (Lipinski definition) is 1. The number of anilines is 2. The number of halogens is 1. The molecule has 1 aromatic rings. The van der Waals surface area contributed by atoms with Crippen molar-refractivity contribution >= 4 is 43.5 Å². The van der Waals surface area contributed by atoms with E-state index in [1.807, 2.05) is 25.1 Å². The van der Waals surface area contributed by atoms with E-state index in [2.05, 4.69) is 0 Å². The van der Waals surface area contributed by atoms with Crippen molar-refractivity contribution in [2.45, 2.75) is 101 Å². The predicted octanol–water partition coefficient (Wildman–Crippen LogP) is 4.04. The number of aliphatic hydroxyl groups is 1. The van der Waals surface area contributed by atoms with Crippen LogP contribution in [0.3, 0.4) is 0 Å². The minimum atomic E-state index is -3.49. The van der Waals surface area contributed by atoms with Crippen molar-refractivity contribution in [1.29, 1.82) is 0 Å². The van der Waals surface area contributed by atoms with Gasteiger partial charge < -0.3 is 33.4 Å². The van der Waals surface area contributed by atoms with Crippen LogP contribution in [0.5, 0.6) is 0 Å². The maximum Gasteiger partial charge on any atom is 0.305 e. The lowest BCUT2D eigenvalue weighted by atomic mass is 9.82. The van der Waals surface area contributed by atoms with Crippen LogP contribution < -0.4 is 9.80 Å². The third kappa shape index (κ3) is 5.80. The van der Waals surface area contributed by atoms with Gasteiger partial charge in [-0.05, 0) is 69.8 Å². The van der Waals surface area contributed by atoms with Crippen molar-refractivity contribution in [2.24, 2.45) is 5.92 Å². The van der Waals surface area contributed by atoms with Gasteiger partial charge in [0.1, 0.15) is 0 Å². The number of esters is 1. The van der Waals surface area contributed by atoms with Crippen LogP contribution in [0.4, 0.5) is 15.5 Å². The summed E-state index contributed by atoms with van der Waals surface area (Å²) in [4.78, 5) is 57.8. The highest BCUT2D eigenvalue weighted by atomic mass is 28.4. The lowest BCUT2D eigenvalue weighted by Gasteiger charge is -2.32. The Kier molecular flexibility index (Phi) is 9.53. The summed E-state index contributed by atoms with van der Waals surface area (Å²) in [6, 6.07) is 5.29. The molecule has 242 valence electrons. The maximum atomic E-state index is 16.3. The first-order chi connectivity index (χ1) is 20.9. The molecule has 0 saturated carbocycles. The number of benzene rings is 1. The van der Waals surface area contributed by atoms with Crippen LogP contribution in [-0.2, 0) is 34.3 Å². The number of methoxy groups -OCH3 is 1. The minimum absolute atomic E-state index is 0.0253. The average molecular weight is 632 g/mol. The van der Waals surface area contributed by atoms with E-state index < -0.39 is 31.6 Å². The number of hydrogen-bond acceptors (Lipinski definition) is 7. The molecule has 4 heterocycles. The van der Waals surface area contributed by atoms with Gasteiger partial charge in [-0.2, -0.15) is 0 Å². The number of carbonyl (C=O) groups is 4. The number of carbonyl (C=O) groups excluding carboxylic acids is 4. The average Bonchev–Trinajstić information content (AvgIpc) is 3.65. The van der Waals surface area contributed by atoms with Gasteiger partial charge in [0.25, 0.3) is 5.91 Å². The van der Waals surface area contributed by atoms with Gasteiger partial charge in [0.2, 0.25) is 20.2 Å². The molecule has 3 saturated heterocycles. The van der Waals surface area contributed by atoms with Crippen molar-refractivity contribution in [3.63, 3.8) is 0 Å². The number of amides is 3. The molecule has 5 atom stereocenters. The first-order valence-corrected chi connectivity index (χ1v) is 19.0. The highest BCUT2D eigenvalue weighted by Crippen LogP contribution is 2.60. The summed E-state index contributed by atoms with van der Waals surface area (Å²) in [7, 11) is -2.14. The van der Waals surface area contributed by atoms with Crippen LogP contribution in [-0.4, -0.2) is 87.6 Å². The summed E-state index contributed by atoms with van der Waals surface area (Å²) in [5.41, 5.74) is -0.221. The number of ether oxygens (including phenoxy) is 2. The van der Waals surface area contributed by atoms with Gasteiger partial charge in [-0.1, -0.05) is 6.92 Å². The normalized spacial score (nSPS) is 28.7. The zero-order valence-corrected chi connectivity index (χ0v) is 27.4. The molecule has 0 aliphatic carbocycles. The first kappa shape index (κ1) is 32.6. The highest BCUT2D eigenvalue weighted by Gasteiger charge is 2.67. The smallest absolute Gasteiger partial charge is 0.305 e. The summed E-state index contributed by atoms with van der Waals surface area (Å²) in [6.45, 7) is 6.39. The quantitative estimate of drug-likeness (QED) is 0.179. The Bertz CT molecular complexity index is 1290. The first-order valence-electron chi connectivity index (χ1n) is 16.0. The third-order valence-corrected chi connectivity index (χ3v) is 12.6. The molecule has 1 spiro atoms. The predicted molar refractivity (Wildman–Crippen MR) is 165 cm³/mol. The van der Waals surface area contributed by atoms with E-state index >= 15 is 4.11 Å². The van der Waals surface area contributed by atoms with Crippen LogP contribution in [0.1, 0.15) is 70.3 Å². The largest absolute Gasteiger partial charge is 0.469 e. The van der Waals surface area contributed by atoms with Gasteiger partial charge >= 0.3 is 5.97 Å². The Hall–Kier alpha value is -2.83. The molecule has 4 aliphatic rings. The lowest BCUT2D eigenvalue weighted by molar-refractivity contribution is -0.150. The number of likely N-dealkylation sites (tertiary alicyclic amines) is 1. The number of rotatable bonds is 10. The highest BCUT2D eigenvalue weighted by molar-refractivity contribution is 6.72. The van der Waals surface area contributed by atoms with Crippen molar-refractivity contribution in [2.75, 3.05) is 43.2 Å². The van der Waals surface area contributed by atoms with Gasteiger partial charge in [-0.15, -0.1) is 0 Å². The van der Waals surface area contributed by atoms with Crippen molar-refractivity contribution < 1.29 is 37.9 Å². The molecule has 0 aromatic heterocycles. The lowest BCUT2D eigenvalue weighted by Crippen LogP contribution is -2.45. The van der Waals surface area contributed by atoms with Crippen LogP contribution in [0.15, 0.2) is 18.2 Å². The molecule has 3 amide bonds. The van der Waals surface area contributed by atoms with Gasteiger partial charge in [0.15, 0.2) is 5.60 Å². The standard InChI is InChI=1S/C32H46FN3O7Si/c1-21-30(44(3,4)33)26(19-28(39)35-17-9-10-23(35)20-37)43-32(21)24-18-22(34-15-7-5-11-27(34)38)13-14-25(24)36(31(32)41)16-8-6-12-29(40)42-2/h13-14,18,21,23,26,30,37H,5-12,15-17,19-20H2,1-4H3/t21-,23-,26+,30-,32+/m0/s1. The molecule has 44 heavy (non-hydrogen) atoms. The van der Waals surface area contributed by atoms with E-state index in [-0.39, 0.29) is 49.2 Å². The molecule has 1 aromatic carbocycles. The number of unbranched alkanes of at least 4 members (excludes halogenated alkanes) is 1. The molecule has 0 unspecified atom stereocenters. The summed E-state index contributed by atoms with van der Waals surface area (Å²) < 4.78 is 27.8. The zero-order valence-electron chi connectivity index (χ0n) is 26.4. The zero-order chi connectivity index (χ0) is 31.8. The molecule has 1 N–H and O–H groups in total. The Morgan fingerprint density at radius 1 is 1.16 bits per heavy atom. The Morgan fingerprint density at radius 2 is 1.93 bits per heavy atom. The van der Waals surface area contributed by atoms with Gasteiger partial charge in [0, 0.05) is 55.2 Å². The fourth-order valence-electron chi connectivity index (χ4n) is 7.99. The number of piperidine rings is 1. The summed E-state index contributed by atoms with van der Waals surface area (Å²) in [6.07, 6.45) is 4.11. The van der Waals surface area contributed by atoms with Gasteiger partial charge in [-0.25, -0.2) is 0 Å². The molecular weight excluding hydrogens is 585 g/mol. The maximum absolute atomic E-state index is 16.3. The third-order valence-electron chi connectivity index (χ3n) is 10.1. The van der Waals surface area contributed by atoms with Crippen molar-refractivity contribution in [1.82, 2.24) is 4.90 Å². The second-order valence-electron chi connectivity index (χ2n) is 13.2.